The second-order valence-corrected chi connectivity index (χ2v) is 4.62. The van der Waals surface area contributed by atoms with Crippen molar-refractivity contribution >= 4 is 5.97 Å². The van der Waals surface area contributed by atoms with Crippen LogP contribution in [0, 0.1) is 11.8 Å². The molecule has 0 bridgehead atoms. The van der Waals surface area contributed by atoms with Crippen molar-refractivity contribution in [3.8, 4) is 0 Å². The van der Waals surface area contributed by atoms with E-state index in [9.17, 15) is 9.90 Å². The first-order chi connectivity index (χ1) is 7.20. The predicted molar refractivity (Wildman–Crippen MR) is 56.2 cm³/mol. The number of esters is 1. The molecule has 0 aromatic heterocycles. The Hall–Kier alpha value is -0.830. The van der Waals surface area contributed by atoms with E-state index in [4.69, 9.17) is 4.74 Å². The normalized spacial score (nSPS) is 30.3. The van der Waals surface area contributed by atoms with E-state index < -0.39 is 6.10 Å². The van der Waals surface area contributed by atoms with Crippen molar-refractivity contribution in [2.24, 2.45) is 11.8 Å². The summed E-state index contributed by atoms with van der Waals surface area (Å²) < 4.78 is 4.89. The Labute approximate surface area is 90.1 Å². The highest BCUT2D eigenvalue weighted by Gasteiger charge is 2.38. The summed E-state index contributed by atoms with van der Waals surface area (Å²) in [5, 5.41) is 10.2. The standard InChI is InChI=1S/C12H18O3/c1-8-10(7-15-12(8)14)11(13)9-5-3-2-4-6-9/h9-11,13H,1-7H2/t10-,11+/m1/s1. The third-order valence-corrected chi connectivity index (χ3v) is 3.65. The average molecular weight is 210 g/mol. The lowest BCUT2D eigenvalue weighted by Crippen LogP contribution is -2.31. The van der Waals surface area contributed by atoms with E-state index in [1.807, 2.05) is 0 Å². The number of rotatable bonds is 2. The summed E-state index contributed by atoms with van der Waals surface area (Å²) in [6, 6.07) is 0. The quantitative estimate of drug-likeness (QED) is 0.557. The minimum absolute atomic E-state index is 0.166. The van der Waals surface area contributed by atoms with Gasteiger partial charge < -0.3 is 9.84 Å². The molecule has 0 unspecified atom stereocenters. The molecule has 3 heteroatoms. The minimum Gasteiger partial charge on any atom is -0.462 e. The molecule has 1 saturated carbocycles. The van der Waals surface area contributed by atoms with Crippen LogP contribution < -0.4 is 0 Å². The van der Waals surface area contributed by atoms with E-state index in [1.165, 1.54) is 19.3 Å². The highest BCUT2D eigenvalue weighted by molar-refractivity contribution is 5.90. The Morgan fingerprint density at radius 3 is 2.53 bits per heavy atom. The molecule has 2 aliphatic rings. The van der Waals surface area contributed by atoms with Gasteiger partial charge in [-0.25, -0.2) is 4.79 Å². The summed E-state index contributed by atoms with van der Waals surface area (Å²) in [6.45, 7) is 4.01. The van der Waals surface area contributed by atoms with Crippen LogP contribution >= 0.6 is 0 Å². The third-order valence-electron chi connectivity index (χ3n) is 3.65. The molecule has 15 heavy (non-hydrogen) atoms. The smallest absolute Gasteiger partial charge is 0.333 e. The highest BCUT2D eigenvalue weighted by Crippen LogP contribution is 2.34. The SMILES string of the molecule is C=C1C(=O)OC[C@H]1[C@@H](O)C1CCCCC1. The maximum absolute atomic E-state index is 11.1. The molecule has 1 N–H and O–H groups in total. The second kappa shape index (κ2) is 4.35. The van der Waals surface area contributed by atoms with E-state index in [2.05, 4.69) is 6.58 Å². The van der Waals surface area contributed by atoms with E-state index >= 15 is 0 Å². The molecule has 1 saturated heterocycles. The average Bonchev–Trinajstić information content (AvgIpc) is 2.60. The van der Waals surface area contributed by atoms with Crippen molar-refractivity contribution in [3.05, 3.63) is 12.2 Å². The van der Waals surface area contributed by atoms with Crippen LogP contribution in [0.25, 0.3) is 0 Å². The van der Waals surface area contributed by atoms with Gasteiger partial charge in [-0.1, -0.05) is 25.8 Å². The van der Waals surface area contributed by atoms with Crippen LogP contribution in [0.4, 0.5) is 0 Å². The van der Waals surface area contributed by atoms with Crippen LogP contribution in [0.3, 0.4) is 0 Å². The van der Waals surface area contributed by atoms with Crippen LogP contribution in [0.2, 0.25) is 0 Å². The zero-order valence-electron chi connectivity index (χ0n) is 8.95. The van der Waals surface area contributed by atoms with Gasteiger partial charge in [-0.3, -0.25) is 0 Å². The number of hydrogen-bond acceptors (Lipinski definition) is 3. The Morgan fingerprint density at radius 2 is 2.00 bits per heavy atom. The van der Waals surface area contributed by atoms with Gasteiger partial charge in [0.1, 0.15) is 6.61 Å². The third kappa shape index (κ3) is 2.07. The van der Waals surface area contributed by atoms with Crippen molar-refractivity contribution in [1.29, 1.82) is 0 Å². The van der Waals surface area contributed by atoms with Crippen LogP contribution in [0.15, 0.2) is 12.2 Å². The second-order valence-electron chi connectivity index (χ2n) is 4.62. The van der Waals surface area contributed by atoms with E-state index in [1.54, 1.807) is 0 Å². The molecule has 84 valence electrons. The maximum atomic E-state index is 11.1. The zero-order valence-corrected chi connectivity index (χ0v) is 8.95. The summed E-state index contributed by atoms with van der Waals surface area (Å²) in [4.78, 5) is 11.1. The number of carbonyl (C=O) groups excluding carboxylic acids is 1. The molecule has 2 fully saturated rings. The first-order valence-corrected chi connectivity index (χ1v) is 5.74. The predicted octanol–water partition coefficient (Wildman–Crippen LogP) is 1.66. The van der Waals surface area contributed by atoms with E-state index in [-0.39, 0.29) is 11.9 Å². The molecule has 0 aromatic carbocycles. The lowest BCUT2D eigenvalue weighted by molar-refractivity contribution is -0.135. The Balaban J connectivity index is 1.97. The number of aliphatic hydroxyl groups is 1. The van der Waals surface area contributed by atoms with Gasteiger partial charge in [0.25, 0.3) is 0 Å². The van der Waals surface area contributed by atoms with Crippen LogP contribution in [-0.2, 0) is 9.53 Å². The van der Waals surface area contributed by atoms with Crippen molar-refractivity contribution < 1.29 is 14.6 Å². The molecular weight excluding hydrogens is 192 g/mol. The maximum Gasteiger partial charge on any atom is 0.333 e. The molecule has 0 aromatic rings. The molecular formula is C12H18O3. The Morgan fingerprint density at radius 1 is 1.33 bits per heavy atom. The number of cyclic esters (lactones) is 1. The summed E-state index contributed by atoms with van der Waals surface area (Å²) >= 11 is 0. The van der Waals surface area contributed by atoms with Crippen LogP contribution in [0.5, 0.6) is 0 Å². The minimum atomic E-state index is -0.441. The van der Waals surface area contributed by atoms with Gasteiger partial charge >= 0.3 is 5.97 Å². The fourth-order valence-corrected chi connectivity index (χ4v) is 2.62. The van der Waals surface area contributed by atoms with Gasteiger partial charge in [0.15, 0.2) is 0 Å². The largest absolute Gasteiger partial charge is 0.462 e. The fourth-order valence-electron chi connectivity index (χ4n) is 2.62. The van der Waals surface area contributed by atoms with Gasteiger partial charge in [0.05, 0.1) is 12.0 Å². The molecule has 2 rings (SSSR count). The lowest BCUT2D eigenvalue weighted by Gasteiger charge is -2.29. The Kier molecular flexibility index (Phi) is 3.10. The van der Waals surface area contributed by atoms with Gasteiger partial charge in [-0.15, -0.1) is 0 Å². The summed E-state index contributed by atoms with van der Waals surface area (Å²) in [5.41, 5.74) is 0.452. The first-order valence-electron chi connectivity index (χ1n) is 5.74. The highest BCUT2D eigenvalue weighted by atomic mass is 16.5. The molecule has 1 heterocycles. The molecule has 1 aliphatic carbocycles. The molecule has 0 amide bonds. The first kappa shape index (κ1) is 10.7. The van der Waals surface area contributed by atoms with E-state index in [0.717, 1.165) is 12.8 Å². The number of carbonyl (C=O) groups is 1. The Bertz CT molecular complexity index is 266. The molecule has 3 nitrogen and oxygen atoms in total. The lowest BCUT2D eigenvalue weighted by atomic mass is 9.79. The van der Waals surface area contributed by atoms with Crippen molar-refractivity contribution in [2.75, 3.05) is 6.61 Å². The summed E-state index contributed by atoms with van der Waals surface area (Å²) in [6.07, 6.45) is 5.35. The zero-order chi connectivity index (χ0) is 10.8. The molecule has 0 radical (unpaired) electrons. The van der Waals surface area contributed by atoms with Crippen molar-refractivity contribution in [2.45, 2.75) is 38.2 Å². The topological polar surface area (TPSA) is 46.5 Å². The van der Waals surface area contributed by atoms with Crippen molar-refractivity contribution in [1.82, 2.24) is 0 Å². The summed E-state index contributed by atoms with van der Waals surface area (Å²) in [5.74, 6) is -0.176. The molecule has 2 atom stereocenters. The number of ether oxygens (including phenoxy) is 1. The monoisotopic (exact) mass is 210 g/mol. The van der Waals surface area contributed by atoms with Gasteiger partial charge in [0.2, 0.25) is 0 Å². The van der Waals surface area contributed by atoms with Crippen LogP contribution in [-0.4, -0.2) is 23.8 Å². The number of aliphatic hydroxyl groups excluding tert-OH is 1. The summed E-state index contributed by atoms with van der Waals surface area (Å²) in [7, 11) is 0. The van der Waals surface area contributed by atoms with Gasteiger partial charge in [-0.05, 0) is 18.8 Å². The fraction of sp³-hybridized carbons (Fsp3) is 0.750. The van der Waals surface area contributed by atoms with Crippen LogP contribution in [0.1, 0.15) is 32.1 Å². The van der Waals surface area contributed by atoms with Gasteiger partial charge in [-0.2, -0.15) is 0 Å². The number of hydrogen-bond donors (Lipinski definition) is 1. The molecule has 0 spiro atoms. The van der Waals surface area contributed by atoms with Gasteiger partial charge in [0, 0.05) is 5.57 Å². The molecule has 1 aliphatic heterocycles. The van der Waals surface area contributed by atoms with E-state index in [0.29, 0.717) is 18.1 Å². The van der Waals surface area contributed by atoms with Crippen molar-refractivity contribution in [3.63, 3.8) is 0 Å².